The SMILES string of the molecule is COC(=O)c1ccc(COc2c(N)cc(Cl)cc2Br)nc1. The average molecular weight is 372 g/mol. The molecule has 0 unspecified atom stereocenters. The molecule has 110 valence electrons. The summed E-state index contributed by atoms with van der Waals surface area (Å²) in [6.07, 6.45) is 1.44. The monoisotopic (exact) mass is 370 g/mol. The van der Waals surface area contributed by atoms with Gasteiger partial charge in [-0.2, -0.15) is 0 Å². The van der Waals surface area contributed by atoms with Crippen molar-refractivity contribution in [2.24, 2.45) is 0 Å². The van der Waals surface area contributed by atoms with Crippen molar-refractivity contribution in [2.45, 2.75) is 6.61 Å². The minimum Gasteiger partial charge on any atom is -0.484 e. The number of anilines is 1. The molecule has 2 aromatic rings. The zero-order chi connectivity index (χ0) is 15.4. The van der Waals surface area contributed by atoms with E-state index in [9.17, 15) is 4.79 Å². The van der Waals surface area contributed by atoms with Gasteiger partial charge in [-0.3, -0.25) is 4.98 Å². The molecule has 0 aliphatic rings. The number of ether oxygens (including phenoxy) is 2. The van der Waals surface area contributed by atoms with Gasteiger partial charge in [0.1, 0.15) is 6.61 Å². The average Bonchev–Trinajstić information content (AvgIpc) is 2.46. The summed E-state index contributed by atoms with van der Waals surface area (Å²) >= 11 is 9.22. The molecule has 0 bridgehead atoms. The molecule has 0 amide bonds. The van der Waals surface area contributed by atoms with Crippen LogP contribution in [0.5, 0.6) is 5.75 Å². The second kappa shape index (κ2) is 6.78. The van der Waals surface area contributed by atoms with Crippen molar-refractivity contribution in [3.05, 3.63) is 51.2 Å². The second-order valence-electron chi connectivity index (χ2n) is 4.12. The van der Waals surface area contributed by atoms with Gasteiger partial charge in [0.25, 0.3) is 0 Å². The number of halogens is 2. The van der Waals surface area contributed by atoms with Crippen molar-refractivity contribution < 1.29 is 14.3 Å². The van der Waals surface area contributed by atoms with Gasteiger partial charge < -0.3 is 15.2 Å². The van der Waals surface area contributed by atoms with Crippen LogP contribution in [0.4, 0.5) is 5.69 Å². The van der Waals surface area contributed by atoms with E-state index in [-0.39, 0.29) is 6.61 Å². The predicted molar refractivity (Wildman–Crippen MR) is 83.5 cm³/mol. The number of methoxy groups -OCH3 is 1. The number of carbonyl (C=O) groups is 1. The number of rotatable bonds is 4. The summed E-state index contributed by atoms with van der Waals surface area (Å²) in [5.74, 6) is 0.0675. The minimum absolute atomic E-state index is 0.214. The van der Waals surface area contributed by atoms with Gasteiger partial charge in [0.05, 0.1) is 28.5 Å². The zero-order valence-corrected chi connectivity index (χ0v) is 13.4. The molecule has 21 heavy (non-hydrogen) atoms. The maximum atomic E-state index is 11.3. The van der Waals surface area contributed by atoms with Crippen LogP contribution in [0, 0.1) is 0 Å². The Labute approximate surface area is 135 Å². The van der Waals surface area contributed by atoms with Crippen LogP contribution in [-0.4, -0.2) is 18.1 Å². The van der Waals surface area contributed by atoms with Crippen molar-refractivity contribution in [3.8, 4) is 5.75 Å². The fraction of sp³-hybridized carbons (Fsp3) is 0.143. The summed E-state index contributed by atoms with van der Waals surface area (Å²) in [5.41, 5.74) is 7.32. The third-order valence-corrected chi connectivity index (χ3v) is 3.45. The first-order chi connectivity index (χ1) is 10.0. The lowest BCUT2D eigenvalue weighted by atomic mass is 10.2. The van der Waals surface area contributed by atoms with E-state index in [1.165, 1.54) is 13.3 Å². The third kappa shape index (κ3) is 3.86. The van der Waals surface area contributed by atoms with Crippen LogP contribution in [0.2, 0.25) is 5.02 Å². The van der Waals surface area contributed by atoms with Gasteiger partial charge in [0.15, 0.2) is 5.75 Å². The first-order valence-electron chi connectivity index (χ1n) is 5.92. The first-order valence-corrected chi connectivity index (χ1v) is 7.09. The fourth-order valence-corrected chi connectivity index (χ4v) is 2.58. The maximum Gasteiger partial charge on any atom is 0.339 e. The molecule has 1 aromatic carbocycles. The summed E-state index contributed by atoms with van der Waals surface area (Å²) in [6.45, 7) is 0.214. The molecule has 5 nitrogen and oxygen atoms in total. The molecule has 0 aliphatic heterocycles. The van der Waals surface area contributed by atoms with Crippen LogP contribution < -0.4 is 10.5 Å². The Balaban J connectivity index is 2.08. The summed E-state index contributed by atoms with van der Waals surface area (Å²) in [7, 11) is 1.32. The van der Waals surface area contributed by atoms with Crippen LogP contribution in [-0.2, 0) is 11.3 Å². The quantitative estimate of drug-likeness (QED) is 0.658. The van der Waals surface area contributed by atoms with Crippen LogP contribution in [0.3, 0.4) is 0 Å². The number of benzene rings is 1. The third-order valence-electron chi connectivity index (χ3n) is 2.65. The van der Waals surface area contributed by atoms with Crippen LogP contribution in [0.1, 0.15) is 16.1 Å². The first kappa shape index (κ1) is 15.6. The van der Waals surface area contributed by atoms with Gasteiger partial charge in [0, 0.05) is 11.2 Å². The largest absolute Gasteiger partial charge is 0.484 e. The summed E-state index contributed by atoms with van der Waals surface area (Å²) in [6, 6.07) is 6.61. The number of aromatic nitrogens is 1. The lowest BCUT2D eigenvalue weighted by molar-refractivity contribution is 0.0600. The Morgan fingerprint density at radius 2 is 2.19 bits per heavy atom. The molecule has 0 saturated carbocycles. The number of nitrogens with two attached hydrogens (primary N) is 1. The molecule has 1 heterocycles. The number of carbonyl (C=O) groups excluding carboxylic acids is 1. The smallest absolute Gasteiger partial charge is 0.339 e. The van der Waals surface area contributed by atoms with E-state index in [0.717, 1.165) is 0 Å². The number of pyridine rings is 1. The Morgan fingerprint density at radius 1 is 1.43 bits per heavy atom. The van der Waals surface area contributed by atoms with Gasteiger partial charge in [0.2, 0.25) is 0 Å². The Morgan fingerprint density at radius 3 is 2.76 bits per heavy atom. The molecule has 0 spiro atoms. The van der Waals surface area contributed by atoms with Crippen molar-refractivity contribution in [1.82, 2.24) is 4.98 Å². The van der Waals surface area contributed by atoms with Crippen molar-refractivity contribution in [2.75, 3.05) is 12.8 Å². The minimum atomic E-state index is -0.431. The lowest BCUT2D eigenvalue weighted by Crippen LogP contribution is -2.05. The molecule has 2 N–H and O–H groups in total. The van der Waals surface area contributed by atoms with Crippen molar-refractivity contribution in [3.63, 3.8) is 0 Å². The van der Waals surface area contributed by atoms with E-state index in [2.05, 4.69) is 25.7 Å². The van der Waals surface area contributed by atoms with Crippen LogP contribution in [0.25, 0.3) is 0 Å². The molecule has 0 radical (unpaired) electrons. The highest BCUT2D eigenvalue weighted by Crippen LogP contribution is 2.34. The summed E-state index contributed by atoms with van der Waals surface area (Å²) < 4.78 is 10.9. The number of nitrogens with zero attached hydrogens (tertiary/aromatic N) is 1. The molecule has 7 heteroatoms. The van der Waals surface area contributed by atoms with E-state index >= 15 is 0 Å². The van der Waals surface area contributed by atoms with E-state index in [0.29, 0.717) is 32.2 Å². The van der Waals surface area contributed by atoms with E-state index in [1.54, 1.807) is 24.3 Å². The van der Waals surface area contributed by atoms with Gasteiger partial charge >= 0.3 is 5.97 Å². The van der Waals surface area contributed by atoms with Gasteiger partial charge in [-0.25, -0.2) is 4.79 Å². The summed E-state index contributed by atoms with van der Waals surface area (Å²) in [5, 5.41) is 0.521. The lowest BCUT2D eigenvalue weighted by Gasteiger charge is -2.11. The number of hydrogen-bond donors (Lipinski definition) is 1. The maximum absolute atomic E-state index is 11.3. The van der Waals surface area contributed by atoms with Crippen molar-refractivity contribution >= 4 is 39.2 Å². The fourth-order valence-electron chi connectivity index (χ4n) is 1.63. The Bertz CT molecular complexity index is 639. The van der Waals surface area contributed by atoms with Gasteiger partial charge in [-0.1, -0.05) is 11.6 Å². The highest BCUT2D eigenvalue weighted by molar-refractivity contribution is 9.10. The standard InChI is InChI=1S/C14H12BrClN2O3/c1-20-14(19)8-2-3-10(18-6-8)7-21-13-11(15)4-9(16)5-12(13)17/h2-6H,7,17H2,1H3. The molecule has 0 aliphatic carbocycles. The Kier molecular flexibility index (Phi) is 5.03. The number of hydrogen-bond acceptors (Lipinski definition) is 5. The predicted octanol–water partition coefficient (Wildman–Crippen LogP) is 3.45. The topological polar surface area (TPSA) is 74.4 Å². The number of nitrogen functional groups attached to an aromatic ring is 1. The molecule has 0 saturated heterocycles. The second-order valence-corrected chi connectivity index (χ2v) is 5.42. The highest BCUT2D eigenvalue weighted by Gasteiger charge is 2.09. The molecular weight excluding hydrogens is 360 g/mol. The normalized spacial score (nSPS) is 10.2. The van der Waals surface area contributed by atoms with Crippen LogP contribution >= 0.6 is 27.5 Å². The van der Waals surface area contributed by atoms with E-state index in [4.69, 9.17) is 22.1 Å². The molecule has 0 atom stereocenters. The van der Waals surface area contributed by atoms with Gasteiger partial charge in [-0.05, 0) is 40.2 Å². The molecule has 2 rings (SSSR count). The summed E-state index contributed by atoms with van der Waals surface area (Å²) in [4.78, 5) is 15.4. The van der Waals surface area contributed by atoms with E-state index in [1.807, 2.05) is 0 Å². The zero-order valence-electron chi connectivity index (χ0n) is 11.1. The molecule has 1 aromatic heterocycles. The number of esters is 1. The molecular formula is C14H12BrClN2O3. The van der Waals surface area contributed by atoms with Crippen LogP contribution in [0.15, 0.2) is 34.9 Å². The molecule has 0 fully saturated rings. The Hall–Kier alpha value is -1.79. The highest BCUT2D eigenvalue weighted by atomic mass is 79.9. The van der Waals surface area contributed by atoms with Crippen molar-refractivity contribution in [1.29, 1.82) is 0 Å². The van der Waals surface area contributed by atoms with E-state index < -0.39 is 5.97 Å². The van der Waals surface area contributed by atoms with Gasteiger partial charge in [-0.15, -0.1) is 0 Å².